The fourth-order valence-electron chi connectivity index (χ4n) is 1.44. The van der Waals surface area contributed by atoms with Gasteiger partial charge in [-0.1, -0.05) is 18.7 Å². The Bertz CT molecular complexity index is 416. The number of allylic oxidation sites excluding steroid dienone is 1. The van der Waals surface area contributed by atoms with Crippen molar-refractivity contribution in [3.8, 4) is 0 Å². The lowest BCUT2D eigenvalue weighted by Gasteiger charge is -2.01. The maximum atomic E-state index is 11.4. The van der Waals surface area contributed by atoms with Gasteiger partial charge in [0.05, 0.1) is 10.6 Å². The van der Waals surface area contributed by atoms with Gasteiger partial charge < -0.3 is 5.32 Å². The molecule has 0 bridgehead atoms. The lowest BCUT2D eigenvalue weighted by molar-refractivity contribution is 0.102. The molecule has 1 N–H and O–H groups in total. The molecule has 15 heavy (non-hydrogen) atoms. The van der Waals surface area contributed by atoms with E-state index >= 15 is 0 Å². The van der Waals surface area contributed by atoms with Crippen molar-refractivity contribution in [2.75, 3.05) is 12.4 Å². The Morgan fingerprint density at radius 2 is 2.20 bits per heavy atom. The quantitative estimate of drug-likeness (QED) is 0.786. The summed E-state index contributed by atoms with van der Waals surface area (Å²) < 4.78 is 0. The van der Waals surface area contributed by atoms with Gasteiger partial charge in [-0.05, 0) is 13.0 Å². The third-order valence-electron chi connectivity index (χ3n) is 2.07. The van der Waals surface area contributed by atoms with Crippen LogP contribution in [0, 0.1) is 0 Å². The highest BCUT2D eigenvalue weighted by molar-refractivity contribution is 7.15. The van der Waals surface area contributed by atoms with Crippen LogP contribution in [0.2, 0.25) is 0 Å². The molecule has 0 aliphatic rings. The normalized spacial score (nSPS) is 10.6. The summed E-state index contributed by atoms with van der Waals surface area (Å²) in [6.07, 6.45) is 5.74. The Hall–Kier alpha value is -1.35. The van der Waals surface area contributed by atoms with Gasteiger partial charge >= 0.3 is 0 Å². The summed E-state index contributed by atoms with van der Waals surface area (Å²) in [5.41, 5.74) is 1.89. The molecule has 1 heterocycles. The fraction of sp³-hybridized carbons (Fsp3) is 0.250. The van der Waals surface area contributed by atoms with E-state index in [-0.39, 0.29) is 5.78 Å². The number of nitrogens with one attached hydrogen (secondary N) is 1. The Morgan fingerprint density at radius 3 is 2.60 bits per heavy atom. The fourth-order valence-corrected chi connectivity index (χ4v) is 2.61. The van der Waals surface area contributed by atoms with Gasteiger partial charge in [0.1, 0.15) is 0 Å². The van der Waals surface area contributed by atoms with E-state index in [2.05, 4.69) is 11.9 Å². The second-order valence-corrected chi connectivity index (χ2v) is 4.15. The topological polar surface area (TPSA) is 29.1 Å². The summed E-state index contributed by atoms with van der Waals surface area (Å²) in [6.45, 7) is 7.32. The van der Waals surface area contributed by atoms with E-state index in [1.807, 2.05) is 26.1 Å². The van der Waals surface area contributed by atoms with Crippen LogP contribution >= 0.6 is 11.3 Å². The standard InChI is InChI=1S/C12H15NOS/c1-5-7-10-9(6-2)11(13-4)12(15-10)8(3)14/h5-7,13H,2H2,1,3-4H3/b7-5-. The highest BCUT2D eigenvalue weighted by Crippen LogP contribution is 2.35. The highest BCUT2D eigenvalue weighted by Gasteiger charge is 2.16. The monoisotopic (exact) mass is 221 g/mol. The van der Waals surface area contributed by atoms with E-state index in [4.69, 9.17) is 0 Å². The van der Waals surface area contributed by atoms with E-state index in [9.17, 15) is 4.79 Å². The maximum Gasteiger partial charge on any atom is 0.171 e. The SMILES string of the molecule is C=Cc1c(/C=C\C)sc(C(C)=O)c1NC. The van der Waals surface area contributed by atoms with Gasteiger partial charge in [0.25, 0.3) is 0 Å². The first-order valence-electron chi connectivity index (χ1n) is 4.76. The van der Waals surface area contributed by atoms with E-state index < -0.39 is 0 Å². The van der Waals surface area contributed by atoms with E-state index in [0.717, 1.165) is 21.0 Å². The molecule has 1 rings (SSSR count). The summed E-state index contributed by atoms with van der Waals surface area (Å²) in [5.74, 6) is 0.0863. The number of ketones is 1. The molecule has 0 aliphatic heterocycles. The first-order valence-corrected chi connectivity index (χ1v) is 5.58. The van der Waals surface area contributed by atoms with Crippen LogP contribution in [0.4, 0.5) is 5.69 Å². The van der Waals surface area contributed by atoms with Crippen LogP contribution in [0.15, 0.2) is 12.7 Å². The van der Waals surface area contributed by atoms with Gasteiger partial charge in [-0.25, -0.2) is 0 Å². The minimum Gasteiger partial charge on any atom is -0.386 e. The Morgan fingerprint density at radius 1 is 1.53 bits per heavy atom. The van der Waals surface area contributed by atoms with Gasteiger partial charge in [-0.3, -0.25) is 4.79 Å². The molecule has 0 amide bonds. The summed E-state index contributed by atoms with van der Waals surface area (Å²) in [6, 6.07) is 0. The van der Waals surface area contributed by atoms with Crippen LogP contribution < -0.4 is 5.32 Å². The summed E-state index contributed by atoms with van der Waals surface area (Å²) in [5, 5.41) is 3.06. The largest absolute Gasteiger partial charge is 0.386 e. The molecule has 0 saturated carbocycles. The number of carbonyl (C=O) groups is 1. The van der Waals surface area contributed by atoms with Crippen molar-refractivity contribution in [1.29, 1.82) is 0 Å². The molecule has 0 aliphatic carbocycles. The summed E-state index contributed by atoms with van der Waals surface area (Å²) >= 11 is 1.50. The van der Waals surface area contributed by atoms with Crippen molar-refractivity contribution in [3.05, 3.63) is 28.0 Å². The number of rotatable bonds is 4. The molecule has 0 radical (unpaired) electrons. The van der Waals surface area contributed by atoms with Crippen LogP contribution in [0.25, 0.3) is 12.2 Å². The number of carbonyl (C=O) groups excluding carboxylic acids is 1. The number of hydrogen-bond donors (Lipinski definition) is 1. The first kappa shape index (κ1) is 11.7. The molecule has 1 aromatic rings. The van der Waals surface area contributed by atoms with Gasteiger partial charge in [0.2, 0.25) is 0 Å². The third kappa shape index (κ3) is 2.18. The molecule has 2 nitrogen and oxygen atoms in total. The minimum atomic E-state index is 0.0863. The molecule has 1 aromatic heterocycles. The molecule has 0 saturated heterocycles. The Balaban J connectivity index is 3.43. The number of hydrogen-bond acceptors (Lipinski definition) is 3. The predicted octanol–water partition coefficient (Wildman–Crippen LogP) is 3.67. The van der Waals surface area contributed by atoms with Crippen molar-refractivity contribution in [1.82, 2.24) is 0 Å². The zero-order valence-electron chi connectivity index (χ0n) is 9.26. The van der Waals surface area contributed by atoms with Crippen LogP contribution in [0.1, 0.15) is 34.0 Å². The Labute approximate surface area is 94.3 Å². The second-order valence-electron chi connectivity index (χ2n) is 3.09. The molecule has 80 valence electrons. The molecular weight excluding hydrogens is 206 g/mol. The molecule has 0 atom stereocenters. The molecule has 0 spiro atoms. The second kappa shape index (κ2) is 4.94. The van der Waals surface area contributed by atoms with Crippen LogP contribution in [-0.4, -0.2) is 12.8 Å². The number of Topliss-reactive ketones (excluding diaryl/α,β-unsaturated/α-hetero) is 1. The van der Waals surface area contributed by atoms with Crippen molar-refractivity contribution < 1.29 is 4.79 Å². The summed E-state index contributed by atoms with van der Waals surface area (Å²) in [7, 11) is 1.82. The molecule has 0 unspecified atom stereocenters. The number of anilines is 1. The molecule has 0 aromatic carbocycles. The smallest absolute Gasteiger partial charge is 0.171 e. The average Bonchev–Trinajstić information content (AvgIpc) is 2.56. The van der Waals surface area contributed by atoms with Crippen molar-refractivity contribution in [3.63, 3.8) is 0 Å². The van der Waals surface area contributed by atoms with Crippen LogP contribution in [-0.2, 0) is 0 Å². The minimum absolute atomic E-state index is 0.0863. The van der Waals surface area contributed by atoms with E-state index in [1.165, 1.54) is 11.3 Å². The number of thiophene rings is 1. The van der Waals surface area contributed by atoms with Crippen molar-refractivity contribution in [2.45, 2.75) is 13.8 Å². The predicted molar refractivity (Wildman–Crippen MR) is 68.7 cm³/mol. The van der Waals surface area contributed by atoms with Gasteiger partial charge in [-0.2, -0.15) is 0 Å². The highest BCUT2D eigenvalue weighted by atomic mass is 32.1. The van der Waals surface area contributed by atoms with Gasteiger partial charge in [0.15, 0.2) is 5.78 Å². The van der Waals surface area contributed by atoms with E-state index in [1.54, 1.807) is 13.0 Å². The molecule has 3 heteroatoms. The lowest BCUT2D eigenvalue weighted by Crippen LogP contribution is -1.96. The molecule has 0 fully saturated rings. The van der Waals surface area contributed by atoms with Crippen LogP contribution in [0.3, 0.4) is 0 Å². The zero-order chi connectivity index (χ0) is 11.4. The van der Waals surface area contributed by atoms with Gasteiger partial charge in [0, 0.05) is 24.4 Å². The van der Waals surface area contributed by atoms with Crippen molar-refractivity contribution in [2.24, 2.45) is 0 Å². The molecular formula is C12H15NOS. The van der Waals surface area contributed by atoms with E-state index in [0.29, 0.717) is 0 Å². The Kier molecular flexibility index (Phi) is 3.86. The zero-order valence-corrected chi connectivity index (χ0v) is 10.1. The van der Waals surface area contributed by atoms with Gasteiger partial charge in [-0.15, -0.1) is 11.3 Å². The van der Waals surface area contributed by atoms with Crippen LogP contribution in [0.5, 0.6) is 0 Å². The first-order chi connectivity index (χ1) is 7.15. The maximum absolute atomic E-state index is 11.4. The average molecular weight is 221 g/mol. The van der Waals surface area contributed by atoms with Crippen molar-refractivity contribution >= 4 is 35.0 Å². The summed E-state index contributed by atoms with van der Waals surface area (Å²) in [4.78, 5) is 13.3. The lowest BCUT2D eigenvalue weighted by atomic mass is 10.1. The third-order valence-corrected chi connectivity index (χ3v) is 3.34.